The monoisotopic (exact) mass is 351 g/mol. The summed E-state index contributed by atoms with van der Waals surface area (Å²) in [7, 11) is 0. The maximum absolute atomic E-state index is 12.6. The molecule has 3 rings (SSSR count). The Kier molecular flexibility index (Phi) is 3.73. The van der Waals surface area contributed by atoms with Gasteiger partial charge in [-0.15, -0.1) is 0 Å². The Bertz CT molecular complexity index is 584. The van der Waals surface area contributed by atoms with Gasteiger partial charge in [-0.3, -0.25) is 14.6 Å². The predicted molar refractivity (Wildman–Crippen MR) is 81.3 cm³/mol. The first kappa shape index (κ1) is 14.5. The zero-order valence-corrected chi connectivity index (χ0v) is 13.5. The second-order valence-corrected chi connectivity index (χ2v) is 6.79. The number of amides is 2. The van der Waals surface area contributed by atoms with Crippen LogP contribution in [-0.2, 0) is 16.1 Å². The minimum absolute atomic E-state index is 0.00326. The molecule has 2 amide bonds. The molecule has 0 radical (unpaired) electrons. The van der Waals surface area contributed by atoms with Gasteiger partial charge in [-0.1, -0.05) is 12.8 Å². The summed E-state index contributed by atoms with van der Waals surface area (Å²) in [5.41, 5.74) is 0.275. The third-order valence-electron chi connectivity index (χ3n) is 4.46. The standard InChI is InChI=1S/C15H18BrN3O2/c1-10-13(20)19(9-11-6-12(16)8-17-7-11)15(14(21)18-10)4-2-3-5-15/h6-8,10H,2-5,9H2,1H3,(H,18,21). The van der Waals surface area contributed by atoms with Crippen LogP contribution in [0.15, 0.2) is 22.9 Å². The molecule has 2 heterocycles. The van der Waals surface area contributed by atoms with Gasteiger partial charge >= 0.3 is 0 Å². The second-order valence-electron chi connectivity index (χ2n) is 5.87. The van der Waals surface area contributed by atoms with Crippen molar-refractivity contribution in [2.75, 3.05) is 0 Å². The molecule has 1 N–H and O–H groups in total. The van der Waals surface area contributed by atoms with E-state index in [9.17, 15) is 9.59 Å². The Hall–Kier alpha value is -1.43. The van der Waals surface area contributed by atoms with Crippen molar-refractivity contribution >= 4 is 27.7 Å². The average Bonchev–Trinajstić information content (AvgIpc) is 2.93. The summed E-state index contributed by atoms with van der Waals surface area (Å²) in [6.07, 6.45) is 6.93. The molecule has 1 aliphatic heterocycles. The highest BCUT2D eigenvalue weighted by Gasteiger charge is 2.52. The van der Waals surface area contributed by atoms with Crippen LogP contribution in [0.25, 0.3) is 0 Å². The van der Waals surface area contributed by atoms with E-state index in [1.807, 2.05) is 6.07 Å². The van der Waals surface area contributed by atoms with Gasteiger partial charge in [-0.25, -0.2) is 0 Å². The molecule has 1 aromatic rings. The SMILES string of the molecule is CC1NC(=O)C2(CCCC2)N(Cc2cncc(Br)c2)C1=O. The fraction of sp³-hybridized carbons (Fsp3) is 0.533. The van der Waals surface area contributed by atoms with E-state index in [4.69, 9.17) is 0 Å². The first-order valence-electron chi connectivity index (χ1n) is 7.25. The van der Waals surface area contributed by atoms with Crippen molar-refractivity contribution in [3.05, 3.63) is 28.5 Å². The van der Waals surface area contributed by atoms with Crippen LogP contribution in [0, 0.1) is 0 Å². The van der Waals surface area contributed by atoms with Crippen LogP contribution in [0.5, 0.6) is 0 Å². The van der Waals surface area contributed by atoms with Gasteiger partial charge in [0.15, 0.2) is 0 Å². The minimum atomic E-state index is -0.661. The molecule has 1 spiro atoms. The second kappa shape index (κ2) is 5.40. The van der Waals surface area contributed by atoms with Crippen LogP contribution >= 0.6 is 15.9 Å². The number of nitrogens with zero attached hydrogens (tertiary/aromatic N) is 2. The van der Waals surface area contributed by atoms with Gasteiger partial charge in [0, 0.05) is 23.4 Å². The van der Waals surface area contributed by atoms with Gasteiger partial charge in [0.25, 0.3) is 0 Å². The summed E-state index contributed by atoms with van der Waals surface area (Å²) in [5, 5.41) is 2.83. The van der Waals surface area contributed by atoms with Crippen LogP contribution in [0.4, 0.5) is 0 Å². The van der Waals surface area contributed by atoms with Gasteiger partial charge in [-0.05, 0) is 47.3 Å². The number of carbonyl (C=O) groups is 2. The Balaban J connectivity index is 1.94. The van der Waals surface area contributed by atoms with E-state index in [1.54, 1.807) is 24.2 Å². The van der Waals surface area contributed by atoms with Crippen LogP contribution in [0.3, 0.4) is 0 Å². The normalized spacial score (nSPS) is 24.5. The Morgan fingerprint density at radius 3 is 2.76 bits per heavy atom. The van der Waals surface area contributed by atoms with Crippen molar-refractivity contribution in [2.24, 2.45) is 0 Å². The molecule has 21 heavy (non-hydrogen) atoms. The number of halogens is 1. The number of aromatic nitrogens is 1. The highest BCUT2D eigenvalue weighted by Crippen LogP contribution is 2.39. The number of hydrogen-bond acceptors (Lipinski definition) is 3. The van der Waals surface area contributed by atoms with E-state index in [2.05, 4.69) is 26.2 Å². The molecule has 0 aromatic carbocycles. The van der Waals surface area contributed by atoms with Crippen LogP contribution in [0.1, 0.15) is 38.2 Å². The van der Waals surface area contributed by atoms with Crippen molar-refractivity contribution in [1.29, 1.82) is 0 Å². The number of pyridine rings is 1. The van der Waals surface area contributed by atoms with Crippen LogP contribution < -0.4 is 5.32 Å². The zero-order valence-electron chi connectivity index (χ0n) is 11.9. The van der Waals surface area contributed by atoms with Crippen LogP contribution in [-0.4, -0.2) is 33.3 Å². The number of piperazine rings is 1. The average molecular weight is 352 g/mol. The smallest absolute Gasteiger partial charge is 0.246 e. The maximum Gasteiger partial charge on any atom is 0.246 e. The summed E-state index contributed by atoms with van der Waals surface area (Å²) in [6.45, 7) is 2.18. The molecule has 1 saturated heterocycles. The van der Waals surface area contributed by atoms with Crippen molar-refractivity contribution in [1.82, 2.24) is 15.2 Å². The van der Waals surface area contributed by atoms with E-state index in [0.717, 1.165) is 35.7 Å². The molecule has 1 aliphatic carbocycles. The lowest BCUT2D eigenvalue weighted by Crippen LogP contribution is -2.68. The molecule has 6 heteroatoms. The van der Waals surface area contributed by atoms with Gasteiger partial charge < -0.3 is 10.2 Å². The maximum atomic E-state index is 12.6. The Morgan fingerprint density at radius 2 is 2.10 bits per heavy atom. The Labute approximate surface area is 132 Å². The van der Waals surface area contributed by atoms with E-state index < -0.39 is 11.6 Å². The quantitative estimate of drug-likeness (QED) is 0.886. The zero-order chi connectivity index (χ0) is 15.0. The molecule has 112 valence electrons. The fourth-order valence-electron chi connectivity index (χ4n) is 3.37. The molecule has 1 unspecified atom stereocenters. The summed E-state index contributed by atoms with van der Waals surface area (Å²) >= 11 is 3.40. The minimum Gasteiger partial charge on any atom is -0.343 e. The molecule has 0 bridgehead atoms. The molecule has 2 aliphatic rings. The van der Waals surface area contributed by atoms with E-state index >= 15 is 0 Å². The fourth-order valence-corrected chi connectivity index (χ4v) is 3.78. The lowest BCUT2D eigenvalue weighted by atomic mass is 9.89. The molecule has 2 fully saturated rings. The number of carbonyl (C=O) groups excluding carboxylic acids is 2. The first-order chi connectivity index (χ1) is 10.0. The molecule has 1 atom stereocenters. The predicted octanol–water partition coefficient (Wildman–Crippen LogP) is 2.00. The highest BCUT2D eigenvalue weighted by molar-refractivity contribution is 9.10. The van der Waals surface area contributed by atoms with Crippen molar-refractivity contribution in [3.63, 3.8) is 0 Å². The van der Waals surface area contributed by atoms with Crippen molar-refractivity contribution in [3.8, 4) is 0 Å². The van der Waals surface area contributed by atoms with E-state index in [1.165, 1.54) is 0 Å². The summed E-state index contributed by atoms with van der Waals surface area (Å²) in [6, 6.07) is 1.49. The number of hydrogen-bond donors (Lipinski definition) is 1. The van der Waals surface area contributed by atoms with Gasteiger partial charge in [-0.2, -0.15) is 0 Å². The lowest BCUT2D eigenvalue weighted by Gasteiger charge is -2.45. The number of rotatable bonds is 2. The summed E-state index contributed by atoms with van der Waals surface area (Å²) in [4.78, 5) is 31.0. The molecular formula is C15H18BrN3O2. The van der Waals surface area contributed by atoms with Gasteiger partial charge in [0.05, 0.1) is 0 Å². The number of nitrogens with one attached hydrogen (secondary N) is 1. The van der Waals surface area contributed by atoms with E-state index in [0.29, 0.717) is 6.54 Å². The largest absolute Gasteiger partial charge is 0.343 e. The highest BCUT2D eigenvalue weighted by atomic mass is 79.9. The Morgan fingerprint density at radius 1 is 1.38 bits per heavy atom. The van der Waals surface area contributed by atoms with Gasteiger partial charge in [0.2, 0.25) is 11.8 Å². The van der Waals surface area contributed by atoms with Crippen LogP contribution in [0.2, 0.25) is 0 Å². The molecule has 1 aromatic heterocycles. The van der Waals surface area contributed by atoms with Crippen molar-refractivity contribution < 1.29 is 9.59 Å². The van der Waals surface area contributed by atoms with Crippen molar-refractivity contribution in [2.45, 2.75) is 50.7 Å². The topological polar surface area (TPSA) is 62.3 Å². The van der Waals surface area contributed by atoms with E-state index in [-0.39, 0.29) is 11.8 Å². The molecular weight excluding hydrogens is 334 g/mol. The third kappa shape index (κ3) is 2.46. The van der Waals surface area contributed by atoms with Gasteiger partial charge in [0.1, 0.15) is 11.6 Å². The third-order valence-corrected chi connectivity index (χ3v) is 4.89. The first-order valence-corrected chi connectivity index (χ1v) is 8.04. The summed E-state index contributed by atoms with van der Waals surface area (Å²) < 4.78 is 0.877. The molecule has 5 nitrogen and oxygen atoms in total. The lowest BCUT2D eigenvalue weighted by molar-refractivity contribution is -0.157. The molecule has 1 saturated carbocycles. The summed E-state index contributed by atoms with van der Waals surface area (Å²) in [5.74, 6) is -0.00784.